The molecule has 0 radical (unpaired) electrons. The minimum atomic E-state index is -0.440. The Kier molecular flexibility index (Phi) is 5.64. The number of rotatable bonds is 4. The molecule has 0 heterocycles. The fraction of sp³-hybridized carbons (Fsp3) is 0.176. The standard InChI is InChI=1S/C17H16Cl2N2O2/c1-10-3-11(2)5-14(4-10)20-16(22)9-17(23)21-15-7-12(18)6-13(19)8-15/h3-8H,9H2,1-2H3,(H,20,22)(H,21,23). The fourth-order valence-corrected chi connectivity index (χ4v) is 2.76. The van der Waals surface area contributed by atoms with Gasteiger partial charge in [-0.25, -0.2) is 0 Å². The summed E-state index contributed by atoms with van der Waals surface area (Å²) in [5.41, 5.74) is 3.20. The van der Waals surface area contributed by atoms with Crippen molar-refractivity contribution in [2.45, 2.75) is 20.3 Å². The second-order valence-electron chi connectivity index (χ2n) is 5.31. The third-order valence-corrected chi connectivity index (χ3v) is 3.41. The molecule has 0 bridgehead atoms. The van der Waals surface area contributed by atoms with Crippen LogP contribution in [0.15, 0.2) is 36.4 Å². The first-order valence-corrected chi connectivity index (χ1v) is 7.71. The molecule has 120 valence electrons. The Balaban J connectivity index is 1.95. The average Bonchev–Trinajstić information content (AvgIpc) is 2.34. The van der Waals surface area contributed by atoms with Crippen molar-refractivity contribution in [1.82, 2.24) is 0 Å². The van der Waals surface area contributed by atoms with E-state index in [1.165, 1.54) is 0 Å². The molecule has 0 saturated carbocycles. The van der Waals surface area contributed by atoms with Gasteiger partial charge in [-0.15, -0.1) is 0 Å². The normalized spacial score (nSPS) is 10.3. The molecule has 0 aliphatic heterocycles. The lowest BCUT2D eigenvalue weighted by Gasteiger charge is -2.09. The van der Waals surface area contributed by atoms with Gasteiger partial charge >= 0.3 is 0 Å². The van der Waals surface area contributed by atoms with Gasteiger partial charge in [-0.2, -0.15) is 0 Å². The molecule has 23 heavy (non-hydrogen) atoms. The van der Waals surface area contributed by atoms with E-state index in [9.17, 15) is 9.59 Å². The van der Waals surface area contributed by atoms with Crippen molar-refractivity contribution in [1.29, 1.82) is 0 Å². The van der Waals surface area contributed by atoms with Gasteiger partial charge in [0.2, 0.25) is 11.8 Å². The molecule has 2 aromatic rings. The fourth-order valence-electron chi connectivity index (χ4n) is 2.23. The van der Waals surface area contributed by atoms with Gasteiger partial charge in [-0.05, 0) is 55.3 Å². The highest BCUT2D eigenvalue weighted by atomic mass is 35.5. The number of halogens is 2. The van der Waals surface area contributed by atoms with Crippen molar-refractivity contribution in [3.8, 4) is 0 Å². The second kappa shape index (κ2) is 7.49. The molecular formula is C17H16Cl2N2O2. The number of anilines is 2. The molecule has 2 amide bonds. The molecule has 0 aliphatic rings. The summed E-state index contributed by atoms with van der Waals surface area (Å²) >= 11 is 11.7. The topological polar surface area (TPSA) is 58.2 Å². The highest BCUT2D eigenvalue weighted by Crippen LogP contribution is 2.22. The average molecular weight is 351 g/mol. The maximum Gasteiger partial charge on any atom is 0.233 e. The smallest absolute Gasteiger partial charge is 0.233 e. The van der Waals surface area contributed by atoms with Gasteiger partial charge in [-0.1, -0.05) is 29.3 Å². The van der Waals surface area contributed by atoms with Crippen LogP contribution in [0.3, 0.4) is 0 Å². The Morgan fingerprint density at radius 1 is 0.783 bits per heavy atom. The predicted octanol–water partition coefficient (Wildman–Crippen LogP) is 4.58. The van der Waals surface area contributed by atoms with E-state index in [0.717, 1.165) is 11.1 Å². The van der Waals surface area contributed by atoms with Crippen LogP contribution in [0.25, 0.3) is 0 Å². The maximum atomic E-state index is 11.9. The number of nitrogens with one attached hydrogen (secondary N) is 2. The van der Waals surface area contributed by atoms with Gasteiger partial charge in [0.25, 0.3) is 0 Å². The zero-order chi connectivity index (χ0) is 17.0. The molecule has 4 nitrogen and oxygen atoms in total. The lowest BCUT2D eigenvalue weighted by molar-refractivity contribution is -0.123. The van der Waals surface area contributed by atoms with Gasteiger partial charge in [0, 0.05) is 21.4 Å². The molecule has 0 unspecified atom stereocenters. The summed E-state index contributed by atoms with van der Waals surface area (Å²) in [5, 5.41) is 6.12. The second-order valence-corrected chi connectivity index (χ2v) is 6.18. The SMILES string of the molecule is Cc1cc(C)cc(NC(=O)CC(=O)Nc2cc(Cl)cc(Cl)c2)c1. The summed E-state index contributed by atoms with van der Waals surface area (Å²) < 4.78 is 0. The van der Waals surface area contributed by atoms with Crippen molar-refractivity contribution in [3.05, 3.63) is 57.6 Å². The van der Waals surface area contributed by atoms with E-state index >= 15 is 0 Å². The molecule has 0 aliphatic carbocycles. The van der Waals surface area contributed by atoms with E-state index in [-0.39, 0.29) is 12.3 Å². The molecule has 2 rings (SSSR count). The van der Waals surface area contributed by atoms with Crippen molar-refractivity contribution in [2.24, 2.45) is 0 Å². The number of hydrogen-bond acceptors (Lipinski definition) is 2. The first-order chi connectivity index (χ1) is 10.8. The molecule has 0 saturated heterocycles. The zero-order valence-corrected chi connectivity index (χ0v) is 14.3. The molecular weight excluding hydrogens is 335 g/mol. The van der Waals surface area contributed by atoms with Gasteiger partial charge < -0.3 is 10.6 Å². The summed E-state index contributed by atoms with van der Waals surface area (Å²) in [6, 6.07) is 10.4. The third-order valence-electron chi connectivity index (χ3n) is 2.97. The van der Waals surface area contributed by atoms with Crippen LogP contribution in [0, 0.1) is 13.8 Å². The van der Waals surface area contributed by atoms with Crippen LogP contribution in [0.5, 0.6) is 0 Å². The Morgan fingerprint density at radius 2 is 1.22 bits per heavy atom. The highest BCUT2D eigenvalue weighted by molar-refractivity contribution is 6.35. The minimum absolute atomic E-state index is 0.295. The first-order valence-electron chi connectivity index (χ1n) is 6.96. The lowest BCUT2D eigenvalue weighted by Crippen LogP contribution is -2.21. The van der Waals surface area contributed by atoms with Gasteiger partial charge in [-0.3, -0.25) is 9.59 Å². The van der Waals surface area contributed by atoms with Gasteiger partial charge in [0.15, 0.2) is 0 Å². The Hall–Kier alpha value is -2.04. The third kappa shape index (κ3) is 5.58. The van der Waals surface area contributed by atoms with E-state index in [4.69, 9.17) is 23.2 Å². The van der Waals surface area contributed by atoms with Crippen molar-refractivity contribution in [2.75, 3.05) is 10.6 Å². The van der Waals surface area contributed by atoms with Crippen LogP contribution >= 0.6 is 23.2 Å². The molecule has 6 heteroatoms. The predicted molar refractivity (Wildman–Crippen MR) is 94.3 cm³/mol. The lowest BCUT2D eigenvalue weighted by atomic mass is 10.1. The van der Waals surface area contributed by atoms with Gasteiger partial charge in [0.05, 0.1) is 0 Å². The van der Waals surface area contributed by atoms with E-state index in [2.05, 4.69) is 10.6 Å². The van der Waals surface area contributed by atoms with Crippen molar-refractivity contribution < 1.29 is 9.59 Å². The highest BCUT2D eigenvalue weighted by Gasteiger charge is 2.11. The van der Waals surface area contributed by atoms with Crippen LogP contribution < -0.4 is 10.6 Å². The van der Waals surface area contributed by atoms with E-state index in [0.29, 0.717) is 21.4 Å². The summed E-state index contributed by atoms with van der Waals surface area (Å²) in [6.45, 7) is 3.89. The van der Waals surface area contributed by atoms with Crippen molar-refractivity contribution >= 4 is 46.4 Å². The van der Waals surface area contributed by atoms with Crippen LogP contribution in [0.4, 0.5) is 11.4 Å². The number of carbonyl (C=O) groups excluding carboxylic acids is 2. The van der Waals surface area contributed by atoms with Gasteiger partial charge in [0.1, 0.15) is 6.42 Å². The largest absolute Gasteiger partial charge is 0.326 e. The Morgan fingerprint density at radius 3 is 1.70 bits per heavy atom. The quantitative estimate of drug-likeness (QED) is 0.793. The van der Waals surface area contributed by atoms with Crippen LogP contribution in [0.1, 0.15) is 17.5 Å². The summed E-state index contributed by atoms with van der Waals surface area (Å²) in [5.74, 6) is -0.828. The summed E-state index contributed by atoms with van der Waals surface area (Å²) in [4.78, 5) is 23.9. The van der Waals surface area contributed by atoms with E-state index < -0.39 is 5.91 Å². The first kappa shape index (κ1) is 17.3. The van der Waals surface area contributed by atoms with Crippen LogP contribution in [-0.4, -0.2) is 11.8 Å². The molecule has 2 N–H and O–H groups in total. The molecule has 0 spiro atoms. The van der Waals surface area contributed by atoms with Crippen molar-refractivity contribution in [3.63, 3.8) is 0 Å². The Bertz CT molecular complexity index is 656. The van der Waals surface area contributed by atoms with E-state index in [1.54, 1.807) is 18.2 Å². The number of aryl methyl sites for hydroxylation is 2. The summed E-state index contributed by atoms with van der Waals surface area (Å²) in [7, 11) is 0. The number of benzene rings is 2. The molecule has 0 atom stereocenters. The molecule has 0 fully saturated rings. The van der Waals surface area contributed by atoms with E-state index in [1.807, 2.05) is 32.0 Å². The maximum absolute atomic E-state index is 11.9. The Labute approximate surface area is 144 Å². The minimum Gasteiger partial charge on any atom is -0.326 e. The zero-order valence-electron chi connectivity index (χ0n) is 12.7. The number of carbonyl (C=O) groups is 2. The van der Waals surface area contributed by atoms with Crippen LogP contribution in [0.2, 0.25) is 10.0 Å². The number of hydrogen-bond donors (Lipinski definition) is 2. The molecule has 0 aromatic heterocycles. The number of amides is 2. The summed E-state index contributed by atoms with van der Waals surface area (Å²) in [6.07, 6.45) is -0.295. The van der Waals surface area contributed by atoms with Crippen LogP contribution in [-0.2, 0) is 9.59 Å². The molecule has 2 aromatic carbocycles. The monoisotopic (exact) mass is 350 g/mol.